The molecule has 0 saturated carbocycles. The lowest BCUT2D eigenvalue weighted by Gasteiger charge is -2.27. The maximum Gasteiger partial charge on any atom is 0.123 e. The molecule has 1 aromatic heterocycles. The van der Waals surface area contributed by atoms with Crippen molar-refractivity contribution in [2.75, 3.05) is 19.7 Å². The van der Waals surface area contributed by atoms with E-state index in [1.807, 2.05) is 6.07 Å². The molecule has 0 aliphatic carbocycles. The molecular weight excluding hydrogens is 313 g/mol. The average Bonchev–Trinajstić information content (AvgIpc) is 3.21. The Hall–Kier alpha value is -1.27. The first-order chi connectivity index (χ1) is 11.2. The van der Waals surface area contributed by atoms with Gasteiger partial charge in [-0.05, 0) is 42.0 Å². The second-order valence-corrected chi connectivity index (χ2v) is 7.01. The third kappa shape index (κ3) is 4.85. The van der Waals surface area contributed by atoms with Crippen LogP contribution in [0.5, 0.6) is 0 Å². The monoisotopic (exact) mass is 335 g/mol. The summed E-state index contributed by atoms with van der Waals surface area (Å²) in [7, 11) is 0. The molecule has 124 valence electrons. The Balaban J connectivity index is 1.64. The van der Waals surface area contributed by atoms with Crippen molar-refractivity contribution in [2.45, 2.75) is 31.6 Å². The van der Waals surface area contributed by atoms with Gasteiger partial charge in [0.1, 0.15) is 5.82 Å². The lowest BCUT2D eigenvalue weighted by molar-refractivity contribution is 0.0464. The van der Waals surface area contributed by atoms with Crippen LogP contribution in [0.15, 0.2) is 41.8 Å². The summed E-state index contributed by atoms with van der Waals surface area (Å²) >= 11 is 1.72. The van der Waals surface area contributed by atoms with Crippen LogP contribution in [0.4, 0.5) is 4.39 Å². The quantitative estimate of drug-likeness (QED) is 0.839. The van der Waals surface area contributed by atoms with E-state index < -0.39 is 6.10 Å². The third-order valence-electron chi connectivity index (χ3n) is 4.13. The molecule has 1 fully saturated rings. The largest absolute Gasteiger partial charge is 0.387 e. The lowest BCUT2D eigenvalue weighted by atomic mass is 10.1. The molecule has 0 radical (unpaired) electrons. The summed E-state index contributed by atoms with van der Waals surface area (Å²) < 4.78 is 18.8. The molecule has 1 saturated heterocycles. The normalized spacial score (nSPS) is 19.3. The molecule has 1 aromatic carbocycles. The highest BCUT2D eigenvalue weighted by Gasteiger charge is 2.22. The highest BCUT2D eigenvalue weighted by molar-refractivity contribution is 7.09. The number of aliphatic hydroxyl groups is 1. The summed E-state index contributed by atoms with van der Waals surface area (Å²) in [6.45, 7) is 2.97. The number of ether oxygens (including phenoxy) is 1. The Morgan fingerprint density at radius 1 is 1.30 bits per heavy atom. The van der Waals surface area contributed by atoms with Crippen molar-refractivity contribution in [1.82, 2.24) is 4.90 Å². The van der Waals surface area contributed by atoms with Crippen LogP contribution in [0.2, 0.25) is 0 Å². The van der Waals surface area contributed by atoms with Crippen LogP contribution in [0, 0.1) is 5.82 Å². The van der Waals surface area contributed by atoms with Gasteiger partial charge in [0.2, 0.25) is 0 Å². The number of halogens is 1. The summed E-state index contributed by atoms with van der Waals surface area (Å²) in [5, 5.41) is 12.5. The van der Waals surface area contributed by atoms with Gasteiger partial charge < -0.3 is 9.84 Å². The molecule has 1 N–H and O–H groups in total. The summed E-state index contributed by atoms with van der Waals surface area (Å²) in [6, 6.07) is 10.2. The van der Waals surface area contributed by atoms with Gasteiger partial charge in [-0.3, -0.25) is 4.90 Å². The molecule has 5 heteroatoms. The topological polar surface area (TPSA) is 32.7 Å². The maximum absolute atomic E-state index is 13.0. The Labute approximate surface area is 140 Å². The van der Waals surface area contributed by atoms with Crippen LogP contribution in [0.3, 0.4) is 0 Å². The summed E-state index contributed by atoms with van der Waals surface area (Å²) in [6.07, 6.45) is 1.80. The predicted molar refractivity (Wildman–Crippen MR) is 89.9 cm³/mol. The van der Waals surface area contributed by atoms with Crippen LogP contribution < -0.4 is 0 Å². The minimum absolute atomic E-state index is 0.246. The zero-order valence-electron chi connectivity index (χ0n) is 13.0. The molecule has 0 spiro atoms. The van der Waals surface area contributed by atoms with Crippen LogP contribution in [0.25, 0.3) is 0 Å². The number of hydrogen-bond acceptors (Lipinski definition) is 4. The number of benzene rings is 1. The van der Waals surface area contributed by atoms with Crippen LogP contribution in [-0.2, 0) is 11.3 Å². The van der Waals surface area contributed by atoms with Gasteiger partial charge in [-0.1, -0.05) is 18.2 Å². The Kier molecular flexibility index (Phi) is 5.78. The fraction of sp³-hybridized carbons (Fsp3) is 0.444. The summed E-state index contributed by atoms with van der Waals surface area (Å²) in [5.74, 6) is -0.282. The zero-order chi connectivity index (χ0) is 16.1. The van der Waals surface area contributed by atoms with E-state index in [4.69, 9.17) is 4.74 Å². The third-order valence-corrected chi connectivity index (χ3v) is 4.99. The number of thiophene rings is 1. The molecule has 2 aromatic rings. The van der Waals surface area contributed by atoms with Gasteiger partial charge in [-0.25, -0.2) is 4.39 Å². The SMILES string of the molecule is OC(CN(Cc1cccs1)CC1CCCO1)c1ccc(F)cc1. The van der Waals surface area contributed by atoms with Crippen molar-refractivity contribution >= 4 is 11.3 Å². The fourth-order valence-corrected chi connectivity index (χ4v) is 3.68. The van der Waals surface area contributed by atoms with E-state index in [0.717, 1.165) is 38.1 Å². The van der Waals surface area contributed by atoms with E-state index in [0.29, 0.717) is 6.54 Å². The maximum atomic E-state index is 13.0. The number of rotatable bonds is 7. The molecule has 0 bridgehead atoms. The van der Waals surface area contributed by atoms with Crippen molar-refractivity contribution in [3.05, 3.63) is 58.0 Å². The molecule has 0 amide bonds. The van der Waals surface area contributed by atoms with Gasteiger partial charge in [0.25, 0.3) is 0 Å². The second-order valence-electron chi connectivity index (χ2n) is 5.98. The van der Waals surface area contributed by atoms with Gasteiger partial charge in [-0.2, -0.15) is 0 Å². The van der Waals surface area contributed by atoms with E-state index in [9.17, 15) is 9.50 Å². The second kappa shape index (κ2) is 8.02. The smallest absolute Gasteiger partial charge is 0.123 e. The standard InChI is InChI=1S/C18H22FNO2S/c19-15-7-5-14(6-8-15)18(21)13-20(11-16-3-1-9-22-16)12-17-4-2-10-23-17/h2,4-8,10,16,18,21H,1,3,9,11-13H2. The average molecular weight is 335 g/mol. The Morgan fingerprint density at radius 3 is 2.78 bits per heavy atom. The molecule has 2 unspecified atom stereocenters. The van der Waals surface area contributed by atoms with E-state index in [1.165, 1.54) is 17.0 Å². The van der Waals surface area contributed by atoms with Crippen LogP contribution in [0.1, 0.15) is 29.4 Å². The van der Waals surface area contributed by atoms with Crippen LogP contribution >= 0.6 is 11.3 Å². The van der Waals surface area contributed by atoms with E-state index in [-0.39, 0.29) is 11.9 Å². The molecular formula is C18H22FNO2S. The minimum atomic E-state index is -0.628. The van der Waals surface area contributed by atoms with Gasteiger partial charge in [0.05, 0.1) is 12.2 Å². The van der Waals surface area contributed by atoms with Crippen molar-refractivity contribution < 1.29 is 14.2 Å². The predicted octanol–water partition coefficient (Wildman–Crippen LogP) is 3.60. The first-order valence-electron chi connectivity index (χ1n) is 8.00. The van der Waals surface area contributed by atoms with Crippen molar-refractivity contribution in [3.63, 3.8) is 0 Å². The van der Waals surface area contributed by atoms with E-state index in [1.54, 1.807) is 23.5 Å². The van der Waals surface area contributed by atoms with E-state index >= 15 is 0 Å². The fourth-order valence-electron chi connectivity index (χ4n) is 2.94. The molecule has 1 aliphatic heterocycles. The Bertz CT molecular complexity index is 582. The highest BCUT2D eigenvalue weighted by atomic mass is 32.1. The summed E-state index contributed by atoms with van der Waals surface area (Å²) in [4.78, 5) is 3.50. The number of hydrogen-bond donors (Lipinski definition) is 1. The number of nitrogens with zero attached hydrogens (tertiary/aromatic N) is 1. The van der Waals surface area contributed by atoms with Crippen LogP contribution in [-0.4, -0.2) is 35.8 Å². The molecule has 3 nitrogen and oxygen atoms in total. The number of aliphatic hydroxyl groups excluding tert-OH is 1. The first-order valence-corrected chi connectivity index (χ1v) is 8.88. The molecule has 2 heterocycles. The minimum Gasteiger partial charge on any atom is -0.387 e. The first kappa shape index (κ1) is 16.6. The zero-order valence-corrected chi connectivity index (χ0v) is 13.8. The lowest BCUT2D eigenvalue weighted by Crippen LogP contribution is -2.34. The van der Waals surface area contributed by atoms with Crippen molar-refractivity contribution in [3.8, 4) is 0 Å². The Morgan fingerprint density at radius 2 is 2.13 bits per heavy atom. The van der Waals surface area contributed by atoms with Gasteiger partial charge in [-0.15, -0.1) is 11.3 Å². The van der Waals surface area contributed by atoms with E-state index in [2.05, 4.69) is 16.3 Å². The molecule has 3 rings (SSSR count). The summed E-state index contributed by atoms with van der Waals surface area (Å²) in [5.41, 5.74) is 0.745. The van der Waals surface area contributed by atoms with Gasteiger partial charge >= 0.3 is 0 Å². The van der Waals surface area contributed by atoms with Gasteiger partial charge in [0.15, 0.2) is 0 Å². The molecule has 1 aliphatic rings. The molecule has 23 heavy (non-hydrogen) atoms. The highest BCUT2D eigenvalue weighted by Crippen LogP contribution is 2.21. The van der Waals surface area contributed by atoms with Crippen molar-refractivity contribution in [2.24, 2.45) is 0 Å². The van der Waals surface area contributed by atoms with Gasteiger partial charge in [0, 0.05) is 31.1 Å². The van der Waals surface area contributed by atoms with Crippen molar-refractivity contribution in [1.29, 1.82) is 0 Å². The molecule has 2 atom stereocenters.